The molecule has 1 amide bonds. The van der Waals surface area contributed by atoms with Gasteiger partial charge in [0.15, 0.2) is 0 Å². The van der Waals surface area contributed by atoms with Crippen LogP contribution in [0.5, 0.6) is 0 Å². The van der Waals surface area contributed by atoms with Gasteiger partial charge in [-0.05, 0) is 48.9 Å². The number of hydrogen-bond donors (Lipinski definition) is 1. The number of fused-ring (bicyclic) bond motifs is 1. The highest BCUT2D eigenvalue weighted by Crippen LogP contribution is 2.39. The summed E-state index contributed by atoms with van der Waals surface area (Å²) in [6.07, 6.45) is -0.231. The molecule has 1 heterocycles. The number of aryl methyl sites for hydroxylation is 1. The lowest BCUT2D eigenvalue weighted by atomic mass is 10.1. The summed E-state index contributed by atoms with van der Waals surface area (Å²) in [5.41, 5.74) is 4.72. The second-order valence-electron chi connectivity index (χ2n) is 6.10. The molecule has 1 N–H and O–H groups in total. The van der Waals surface area contributed by atoms with Gasteiger partial charge in [-0.1, -0.05) is 52.3 Å². The lowest BCUT2D eigenvalue weighted by molar-refractivity contribution is 0.0993. The van der Waals surface area contributed by atoms with E-state index in [2.05, 4.69) is 21.2 Å². The smallest absolute Gasteiger partial charge is 0.260 e. The average Bonchev–Trinajstić information content (AvgIpc) is 2.90. The van der Waals surface area contributed by atoms with Crippen LogP contribution in [-0.2, 0) is 0 Å². The van der Waals surface area contributed by atoms with E-state index in [0.29, 0.717) is 0 Å². The van der Waals surface area contributed by atoms with Crippen LogP contribution in [0, 0.1) is 6.92 Å². The molecule has 0 unspecified atom stereocenters. The van der Waals surface area contributed by atoms with E-state index in [1.807, 2.05) is 84.6 Å². The molecule has 4 rings (SSSR count). The zero-order valence-electron chi connectivity index (χ0n) is 13.7. The van der Waals surface area contributed by atoms with Crippen LogP contribution in [0.15, 0.2) is 77.3 Å². The van der Waals surface area contributed by atoms with Gasteiger partial charge in [0.05, 0.1) is 0 Å². The van der Waals surface area contributed by atoms with E-state index in [-0.39, 0.29) is 12.1 Å². The zero-order chi connectivity index (χ0) is 17.4. The highest BCUT2D eigenvalue weighted by Gasteiger charge is 2.38. The number of amides is 1. The normalized spacial score (nSPS) is 16.0. The molecule has 1 atom stereocenters. The highest BCUT2D eigenvalue weighted by molar-refractivity contribution is 9.10. The van der Waals surface area contributed by atoms with Gasteiger partial charge in [-0.15, -0.1) is 0 Å². The van der Waals surface area contributed by atoms with Crippen molar-refractivity contribution in [2.24, 2.45) is 0 Å². The Morgan fingerprint density at radius 2 is 1.60 bits per heavy atom. The number of carbonyl (C=O) groups is 1. The molecule has 1 aliphatic heterocycles. The number of benzene rings is 3. The summed E-state index contributed by atoms with van der Waals surface area (Å²) in [6.45, 7) is 2.03. The van der Waals surface area contributed by atoms with E-state index >= 15 is 0 Å². The molecular formula is C21H17BrN2O. The summed E-state index contributed by atoms with van der Waals surface area (Å²) in [4.78, 5) is 14.9. The molecule has 3 aromatic carbocycles. The Labute approximate surface area is 155 Å². The number of hydrogen-bond acceptors (Lipinski definition) is 2. The van der Waals surface area contributed by atoms with Gasteiger partial charge in [-0.2, -0.15) is 0 Å². The lowest BCUT2D eigenvalue weighted by Gasteiger charge is -2.28. The average molecular weight is 393 g/mol. The summed E-state index contributed by atoms with van der Waals surface area (Å²) in [7, 11) is 0. The predicted octanol–water partition coefficient (Wildman–Crippen LogP) is 5.53. The summed E-state index contributed by atoms with van der Waals surface area (Å²) in [6, 6.07) is 23.8. The van der Waals surface area contributed by atoms with Crippen molar-refractivity contribution in [3.63, 3.8) is 0 Å². The number of para-hydroxylation sites is 1. The zero-order valence-corrected chi connectivity index (χ0v) is 15.3. The van der Waals surface area contributed by atoms with Gasteiger partial charge in [0.2, 0.25) is 0 Å². The lowest BCUT2D eigenvalue weighted by Crippen LogP contribution is -2.32. The van der Waals surface area contributed by atoms with E-state index in [1.54, 1.807) is 0 Å². The van der Waals surface area contributed by atoms with Crippen molar-refractivity contribution in [3.05, 3.63) is 94.0 Å². The molecule has 4 heteroatoms. The van der Waals surface area contributed by atoms with Gasteiger partial charge < -0.3 is 5.32 Å². The van der Waals surface area contributed by atoms with Crippen LogP contribution in [0.25, 0.3) is 0 Å². The second kappa shape index (κ2) is 6.37. The Morgan fingerprint density at radius 3 is 2.36 bits per heavy atom. The maximum atomic E-state index is 13.1. The van der Waals surface area contributed by atoms with Crippen molar-refractivity contribution in [3.8, 4) is 0 Å². The van der Waals surface area contributed by atoms with Crippen LogP contribution in [0.4, 0.5) is 11.4 Å². The van der Waals surface area contributed by atoms with Crippen molar-refractivity contribution >= 4 is 33.2 Å². The number of nitrogens with zero attached hydrogens (tertiary/aromatic N) is 1. The summed E-state index contributed by atoms with van der Waals surface area (Å²) < 4.78 is 1.02. The molecule has 3 aromatic rings. The molecule has 0 fully saturated rings. The standard InChI is InChI=1S/C21H17BrN2O/c1-14-6-2-5-9-19(14)24-20(23-16-12-10-15(22)11-13-16)17-7-3-4-8-18(17)21(24)25/h2-13,20,23H,1H3/t20-/m0/s1. The van der Waals surface area contributed by atoms with Gasteiger partial charge in [-0.25, -0.2) is 0 Å². The fourth-order valence-corrected chi connectivity index (χ4v) is 3.51. The minimum atomic E-state index is -0.231. The molecule has 0 radical (unpaired) electrons. The third-order valence-corrected chi connectivity index (χ3v) is 5.01. The van der Waals surface area contributed by atoms with Gasteiger partial charge in [0.25, 0.3) is 5.91 Å². The first-order valence-corrected chi connectivity index (χ1v) is 8.94. The third kappa shape index (κ3) is 2.83. The molecule has 124 valence electrons. The number of carbonyl (C=O) groups excluding carboxylic acids is 1. The van der Waals surface area contributed by atoms with E-state index < -0.39 is 0 Å². The molecule has 1 aliphatic rings. The number of anilines is 2. The van der Waals surface area contributed by atoms with E-state index in [4.69, 9.17) is 0 Å². The molecule has 25 heavy (non-hydrogen) atoms. The van der Waals surface area contributed by atoms with Crippen LogP contribution in [0.3, 0.4) is 0 Å². The Morgan fingerprint density at radius 1 is 0.920 bits per heavy atom. The fraction of sp³-hybridized carbons (Fsp3) is 0.0952. The number of rotatable bonds is 3. The van der Waals surface area contributed by atoms with Crippen molar-refractivity contribution in [1.29, 1.82) is 0 Å². The Balaban J connectivity index is 1.80. The quantitative estimate of drug-likeness (QED) is 0.635. The molecule has 0 bridgehead atoms. The Kier molecular flexibility index (Phi) is 4.06. The first kappa shape index (κ1) is 15.9. The van der Waals surface area contributed by atoms with E-state index in [1.165, 1.54) is 0 Å². The van der Waals surface area contributed by atoms with E-state index in [9.17, 15) is 4.79 Å². The first-order valence-electron chi connectivity index (χ1n) is 8.15. The van der Waals surface area contributed by atoms with Gasteiger partial charge in [0, 0.05) is 27.0 Å². The largest absolute Gasteiger partial charge is 0.361 e. The molecule has 3 nitrogen and oxygen atoms in total. The van der Waals surface area contributed by atoms with Gasteiger partial charge >= 0.3 is 0 Å². The Hall–Kier alpha value is -2.59. The molecule has 0 aromatic heterocycles. The maximum absolute atomic E-state index is 13.1. The summed E-state index contributed by atoms with van der Waals surface area (Å²) >= 11 is 3.46. The van der Waals surface area contributed by atoms with Crippen LogP contribution < -0.4 is 10.2 Å². The minimum absolute atomic E-state index is 0.0273. The van der Waals surface area contributed by atoms with Crippen LogP contribution in [-0.4, -0.2) is 5.91 Å². The summed E-state index contributed by atoms with van der Waals surface area (Å²) in [5, 5.41) is 3.51. The molecule has 0 saturated carbocycles. The molecule has 0 aliphatic carbocycles. The number of halogens is 1. The maximum Gasteiger partial charge on any atom is 0.260 e. The van der Waals surface area contributed by atoms with Crippen LogP contribution in [0.1, 0.15) is 27.7 Å². The van der Waals surface area contributed by atoms with Crippen LogP contribution >= 0.6 is 15.9 Å². The monoisotopic (exact) mass is 392 g/mol. The van der Waals surface area contributed by atoms with Crippen LogP contribution in [0.2, 0.25) is 0 Å². The Bertz CT molecular complexity index is 937. The second-order valence-corrected chi connectivity index (χ2v) is 7.02. The SMILES string of the molecule is Cc1ccccc1N1C(=O)c2ccccc2[C@H]1Nc1ccc(Br)cc1. The van der Waals surface area contributed by atoms with Gasteiger partial charge in [-0.3, -0.25) is 9.69 Å². The van der Waals surface area contributed by atoms with Crippen molar-refractivity contribution < 1.29 is 4.79 Å². The minimum Gasteiger partial charge on any atom is -0.361 e. The first-order chi connectivity index (χ1) is 12.1. The number of nitrogens with one attached hydrogen (secondary N) is 1. The predicted molar refractivity (Wildman–Crippen MR) is 105 cm³/mol. The third-order valence-electron chi connectivity index (χ3n) is 4.49. The summed E-state index contributed by atoms with van der Waals surface area (Å²) in [5.74, 6) is 0.0273. The topological polar surface area (TPSA) is 32.3 Å². The van der Waals surface area contributed by atoms with Gasteiger partial charge in [0.1, 0.15) is 6.17 Å². The molecule has 0 spiro atoms. The van der Waals surface area contributed by atoms with Crippen molar-refractivity contribution in [2.75, 3.05) is 10.2 Å². The van der Waals surface area contributed by atoms with Crippen molar-refractivity contribution in [2.45, 2.75) is 13.1 Å². The highest BCUT2D eigenvalue weighted by atomic mass is 79.9. The molecule has 0 saturated heterocycles. The fourth-order valence-electron chi connectivity index (χ4n) is 3.24. The van der Waals surface area contributed by atoms with Crippen molar-refractivity contribution in [1.82, 2.24) is 0 Å². The van der Waals surface area contributed by atoms with E-state index in [0.717, 1.165) is 32.5 Å². The molecular weight excluding hydrogens is 376 g/mol.